The molecule has 0 aromatic rings. The van der Waals surface area contributed by atoms with E-state index >= 15 is 0 Å². The molecule has 3 nitrogen and oxygen atoms in total. The van der Waals surface area contributed by atoms with Gasteiger partial charge in [-0.2, -0.15) is 5.11 Å². The Bertz CT molecular complexity index is 121. The summed E-state index contributed by atoms with van der Waals surface area (Å²) < 4.78 is 0. The molecule has 0 fully saturated rings. The molecule has 0 amide bonds. The van der Waals surface area contributed by atoms with Crippen molar-refractivity contribution < 1.29 is 0 Å². The maximum atomic E-state index is 4.07. The second kappa shape index (κ2) is 2.33. The Hall–Kier alpha value is -0.600. The van der Waals surface area contributed by atoms with Crippen LogP contribution in [0.1, 0.15) is 20.3 Å². The molecule has 0 saturated carbocycles. The van der Waals surface area contributed by atoms with Crippen molar-refractivity contribution in [1.29, 1.82) is 0 Å². The molecule has 0 saturated heterocycles. The zero-order valence-electron chi connectivity index (χ0n) is 6.20. The highest BCUT2D eigenvalue weighted by atomic mass is 15.6. The highest BCUT2D eigenvalue weighted by Crippen LogP contribution is 2.16. The van der Waals surface area contributed by atoms with Crippen molar-refractivity contribution in [2.45, 2.75) is 32.4 Å². The molecule has 1 heterocycles. The van der Waals surface area contributed by atoms with Gasteiger partial charge in [0.1, 0.15) is 0 Å². The van der Waals surface area contributed by atoms with Crippen LogP contribution < -0.4 is 0 Å². The van der Waals surface area contributed by atoms with Gasteiger partial charge in [-0.15, -0.1) is 0 Å². The minimum Gasteiger partial charge on any atom is -0.277 e. The molecule has 0 spiro atoms. The second-order valence-corrected chi connectivity index (χ2v) is 2.49. The Balaban J connectivity index is 2.51. The number of rotatable bonds is 1. The van der Waals surface area contributed by atoms with Gasteiger partial charge in [0.25, 0.3) is 0 Å². The first-order valence-electron chi connectivity index (χ1n) is 3.39. The average molecular weight is 127 g/mol. The van der Waals surface area contributed by atoms with E-state index in [1.165, 1.54) is 0 Å². The van der Waals surface area contributed by atoms with E-state index in [9.17, 15) is 0 Å². The fourth-order valence-corrected chi connectivity index (χ4v) is 0.998. The van der Waals surface area contributed by atoms with Gasteiger partial charge >= 0.3 is 0 Å². The van der Waals surface area contributed by atoms with E-state index in [0.717, 1.165) is 6.42 Å². The molecule has 0 aromatic carbocycles. The molecule has 2 atom stereocenters. The molecule has 2 unspecified atom stereocenters. The summed E-state index contributed by atoms with van der Waals surface area (Å²) in [6.45, 7) is 4.29. The number of likely N-dealkylation sites (N-methyl/N-ethyl adjacent to an activating group) is 1. The molecule has 0 aromatic heterocycles. The van der Waals surface area contributed by atoms with Crippen LogP contribution in [0.5, 0.6) is 0 Å². The molecular formula is C6H13N3. The summed E-state index contributed by atoms with van der Waals surface area (Å²) in [4.78, 5) is 0. The van der Waals surface area contributed by atoms with E-state index in [-0.39, 0.29) is 0 Å². The molecule has 1 aliphatic heterocycles. The van der Waals surface area contributed by atoms with Crippen molar-refractivity contribution in [3.05, 3.63) is 0 Å². The van der Waals surface area contributed by atoms with Crippen LogP contribution in [0.3, 0.4) is 0 Å². The van der Waals surface area contributed by atoms with Crippen LogP contribution in [0.4, 0.5) is 0 Å². The van der Waals surface area contributed by atoms with Gasteiger partial charge in [-0.05, 0) is 13.3 Å². The molecule has 0 bridgehead atoms. The van der Waals surface area contributed by atoms with E-state index in [1.807, 2.05) is 12.1 Å². The molecule has 0 radical (unpaired) electrons. The normalized spacial score (nSPS) is 33.9. The fraction of sp³-hybridized carbons (Fsp3) is 1.00. The molecule has 3 heteroatoms. The summed E-state index contributed by atoms with van der Waals surface area (Å²) >= 11 is 0. The first-order chi connectivity index (χ1) is 4.25. The van der Waals surface area contributed by atoms with Crippen LogP contribution in [0.25, 0.3) is 0 Å². The van der Waals surface area contributed by atoms with Gasteiger partial charge in [-0.1, -0.05) is 12.1 Å². The zero-order chi connectivity index (χ0) is 6.85. The Labute approximate surface area is 55.7 Å². The van der Waals surface area contributed by atoms with Crippen molar-refractivity contribution in [1.82, 2.24) is 5.01 Å². The molecular weight excluding hydrogens is 114 g/mol. The van der Waals surface area contributed by atoms with Gasteiger partial charge in [0.05, 0.1) is 12.1 Å². The summed E-state index contributed by atoms with van der Waals surface area (Å²) in [6.07, 6.45) is 1.09. The van der Waals surface area contributed by atoms with E-state index in [2.05, 4.69) is 24.2 Å². The van der Waals surface area contributed by atoms with Crippen LogP contribution in [0.15, 0.2) is 10.3 Å². The molecule has 9 heavy (non-hydrogen) atoms. The van der Waals surface area contributed by atoms with E-state index in [4.69, 9.17) is 0 Å². The zero-order valence-corrected chi connectivity index (χ0v) is 6.20. The molecule has 1 rings (SSSR count). The third-order valence-corrected chi connectivity index (χ3v) is 1.91. The maximum Gasteiger partial charge on any atom is 0.0944 e. The van der Waals surface area contributed by atoms with Crippen LogP contribution in [-0.2, 0) is 0 Å². The second-order valence-electron chi connectivity index (χ2n) is 2.49. The third-order valence-electron chi connectivity index (χ3n) is 1.91. The summed E-state index contributed by atoms with van der Waals surface area (Å²) in [6, 6.07) is 0.921. The number of hydrogen-bond donors (Lipinski definition) is 0. The summed E-state index contributed by atoms with van der Waals surface area (Å²) in [5, 5.41) is 9.91. The van der Waals surface area contributed by atoms with Gasteiger partial charge in [0.15, 0.2) is 0 Å². The predicted molar refractivity (Wildman–Crippen MR) is 36.2 cm³/mol. The average Bonchev–Trinajstić information content (AvgIpc) is 2.15. The Morgan fingerprint density at radius 1 is 1.56 bits per heavy atom. The van der Waals surface area contributed by atoms with Crippen molar-refractivity contribution in [3.63, 3.8) is 0 Å². The highest BCUT2D eigenvalue weighted by Gasteiger charge is 2.23. The Kier molecular flexibility index (Phi) is 1.69. The first-order valence-corrected chi connectivity index (χ1v) is 3.39. The third kappa shape index (κ3) is 1.04. The van der Waals surface area contributed by atoms with E-state index in [0.29, 0.717) is 12.1 Å². The Morgan fingerprint density at radius 2 is 2.22 bits per heavy atom. The van der Waals surface area contributed by atoms with Crippen LogP contribution in [0, 0.1) is 0 Å². The first kappa shape index (κ1) is 6.52. The van der Waals surface area contributed by atoms with Crippen molar-refractivity contribution >= 4 is 0 Å². The minimum atomic E-state index is 0.426. The highest BCUT2D eigenvalue weighted by molar-refractivity contribution is 4.79. The van der Waals surface area contributed by atoms with Crippen LogP contribution in [-0.4, -0.2) is 24.1 Å². The van der Waals surface area contributed by atoms with Crippen molar-refractivity contribution in [2.24, 2.45) is 10.3 Å². The lowest BCUT2D eigenvalue weighted by Gasteiger charge is -2.15. The van der Waals surface area contributed by atoms with Crippen LogP contribution >= 0.6 is 0 Å². The molecule has 0 N–H and O–H groups in total. The maximum absolute atomic E-state index is 4.07. The quantitative estimate of drug-likeness (QED) is 0.524. The van der Waals surface area contributed by atoms with Crippen molar-refractivity contribution in [2.75, 3.05) is 7.05 Å². The standard InChI is InChI=1S/C6H13N3/c1-4-6-5(2)9(3)8-7-6/h5-6H,4H2,1-3H3. The van der Waals surface area contributed by atoms with Crippen molar-refractivity contribution in [3.8, 4) is 0 Å². The SMILES string of the molecule is CCC1N=NN(C)C1C. The number of hydrogen-bond acceptors (Lipinski definition) is 3. The van der Waals surface area contributed by atoms with Gasteiger partial charge in [-0.25, -0.2) is 0 Å². The molecule has 1 aliphatic rings. The minimum absolute atomic E-state index is 0.426. The lowest BCUT2D eigenvalue weighted by atomic mass is 10.1. The smallest absolute Gasteiger partial charge is 0.0944 e. The van der Waals surface area contributed by atoms with Gasteiger partial charge < -0.3 is 0 Å². The predicted octanol–water partition coefficient (Wildman–Crippen LogP) is 1.47. The van der Waals surface area contributed by atoms with Crippen LogP contribution in [0.2, 0.25) is 0 Å². The van der Waals surface area contributed by atoms with Gasteiger partial charge in [-0.3, -0.25) is 5.01 Å². The largest absolute Gasteiger partial charge is 0.277 e. The van der Waals surface area contributed by atoms with E-state index < -0.39 is 0 Å². The monoisotopic (exact) mass is 127 g/mol. The van der Waals surface area contributed by atoms with Gasteiger partial charge in [0, 0.05) is 7.05 Å². The summed E-state index contributed by atoms with van der Waals surface area (Å²) in [5.74, 6) is 0. The number of nitrogens with zero attached hydrogens (tertiary/aromatic N) is 3. The topological polar surface area (TPSA) is 28.0 Å². The molecule has 52 valence electrons. The van der Waals surface area contributed by atoms with E-state index in [1.54, 1.807) is 0 Å². The fourth-order valence-electron chi connectivity index (χ4n) is 0.998. The Morgan fingerprint density at radius 3 is 2.44 bits per heavy atom. The molecule has 0 aliphatic carbocycles. The lowest BCUT2D eigenvalue weighted by molar-refractivity contribution is 0.285. The summed E-state index contributed by atoms with van der Waals surface area (Å²) in [5.41, 5.74) is 0. The lowest BCUT2D eigenvalue weighted by Crippen LogP contribution is -2.28. The van der Waals surface area contributed by atoms with Gasteiger partial charge in [0.2, 0.25) is 0 Å². The summed E-state index contributed by atoms with van der Waals surface area (Å²) in [7, 11) is 1.96.